The Labute approximate surface area is 163 Å². The summed E-state index contributed by atoms with van der Waals surface area (Å²) in [5, 5.41) is 2.74. The first-order valence-corrected chi connectivity index (χ1v) is 9.95. The SMILES string of the molecule is COc1ccc(CCNC(=O)COC(=O)CSC(=S)N2CCCC2)cc1. The number of hydrogen-bond acceptors (Lipinski definition) is 6. The van der Waals surface area contributed by atoms with E-state index in [9.17, 15) is 9.59 Å². The first-order valence-electron chi connectivity index (χ1n) is 8.55. The fourth-order valence-corrected chi connectivity index (χ4v) is 3.54. The highest BCUT2D eigenvalue weighted by molar-refractivity contribution is 8.23. The minimum absolute atomic E-state index is 0.133. The third kappa shape index (κ3) is 7.21. The molecule has 142 valence electrons. The van der Waals surface area contributed by atoms with Crippen molar-refractivity contribution in [1.82, 2.24) is 10.2 Å². The number of likely N-dealkylation sites (tertiary alicyclic amines) is 1. The summed E-state index contributed by atoms with van der Waals surface area (Å²) >= 11 is 6.57. The number of hydrogen-bond donors (Lipinski definition) is 1. The molecule has 2 rings (SSSR count). The lowest BCUT2D eigenvalue weighted by atomic mass is 10.1. The number of thiocarbonyl (C=S) groups is 1. The third-order valence-electron chi connectivity index (χ3n) is 3.94. The van der Waals surface area contributed by atoms with Gasteiger partial charge < -0.3 is 19.7 Å². The summed E-state index contributed by atoms with van der Waals surface area (Å²) in [6, 6.07) is 7.66. The molecule has 1 fully saturated rings. The highest BCUT2D eigenvalue weighted by Gasteiger charge is 2.16. The number of esters is 1. The normalized spacial score (nSPS) is 13.3. The number of nitrogens with one attached hydrogen (secondary N) is 1. The van der Waals surface area contributed by atoms with Crippen molar-refractivity contribution in [3.8, 4) is 5.75 Å². The van der Waals surface area contributed by atoms with E-state index in [0.29, 0.717) is 13.0 Å². The van der Waals surface area contributed by atoms with E-state index < -0.39 is 5.97 Å². The Hall–Kier alpha value is -1.80. The molecule has 1 aromatic carbocycles. The minimum Gasteiger partial charge on any atom is -0.497 e. The van der Waals surface area contributed by atoms with Crippen LogP contribution in [-0.2, 0) is 20.7 Å². The van der Waals surface area contributed by atoms with Crippen molar-refractivity contribution in [2.75, 3.05) is 39.1 Å². The van der Waals surface area contributed by atoms with Gasteiger partial charge >= 0.3 is 5.97 Å². The molecule has 1 aliphatic rings. The number of nitrogens with zero attached hydrogens (tertiary/aromatic N) is 1. The average Bonchev–Trinajstić information content (AvgIpc) is 3.20. The number of carbonyl (C=O) groups is 2. The van der Waals surface area contributed by atoms with Crippen LogP contribution in [0.15, 0.2) is 24.3 Å². The van der Waals surface area contributed by atoms with E-state index in [1.54, 1.807) is 7.11 Å². The molecule has 0 aromatic heterocycles. The summed E-state index contributed by atoms with van der Waals surface area (Å²) in [5.74, 6) is 0.196. The smallest absolute Gasteiger partial charge is 0.316 e. The van der Waals surface area contributed by atoms with Gasteiger partial charge in [0.2, 0.25) is 0 Å². The summed E-state index contributed by atoms with van der Waals surface area (Å²) < 4.78 is 10.8. The molecule has 1 saturated heterocycles. The van der Waals surface area contributed by atoms with Crippen LogP contribution in [0.1, 0.15) is 18.4 Å². The minimum atomic E-state index is -0.429. The van der Waals surface area contributed by atoms with Crippen molar-refractivity contribution in [1.29, 1.82) is 0 Å². The van der Waals surface area contributed by atoms with Gasteiger partial charge in [0.15, 0.2) is 6.61 Å². The van der Waals surface area contributed by atoms with E-state index in [1.807, 2.05) is 24.3 Å². The van der Waals surface area contributed by atoms with Crippen LogP contribution >= 0.6 is 24.0 Å². The van der Waals surface area contributed by atoms with Gasteiger partial charge in [0.1, 0.15) is 10.1 Å². The maximum absolute atomic E-state index is 11.7. The molecule has 0 saturated carbocycles. The summed E-state index contributed by atoms with van der Waals surface area (Å²) in [5.41, 5.74) is 1.09. The van der Waals surface area contributed by atoms with E-state index in [-0.39, 0.29) is 18.3 Å². The number of benzene rings is 1. The molecule has 6 nitrogen and oxygen atoms in total. The molecular weight excluding hydrogens is 372 g/mol. The van der Waals surface area contributed by atoms with E-state index in [0.717, 1.165) is 41.6 Å². The van der Waals surface area contributed by atoms with Gasteiger partial charge in [-0.3, -0.25) is 9.59 Å². The molecule has 0 bridgehead atoms. The molecule has 0 radical (unpaired) electrons. The maximum Gasteiger partial charge on any atom is 0.316 e. The lowest BCUT2D eigenvalue weighted by Crippen LogP contribution is -2.31. The molecule has 1 amide bonds. The number of methoxy groups -OCH3 is 1. The molecule has 1 aromatic rings. The van der Waals surface area contributed by atoms with Crippen molar-refractivity contribution in [3.05, 3.63) is 29.8 Å². The van der Waals surface area contributed by atoms with Crippen LogP contribution in [0.4, 0.5) is 0 Å². The Balaban J connectivity index is 1.55. The molecular formula is C18H24N2O4S2. The maximum atomic E-state index is 11.7. The predicted molar refractivity (Wildman–Crippen MR) is 107 cm³/mol. The predicted octanol–water partition coefficient (Wildman–Crippen LogP) is 2.01. The van der Waals surface area contributed by atoms with E-state index >= 15 is 0 Å². The van der Waals surface area contributed by atoms with E-state index in [4.69, 9.17) is 21.7 Å². The second-order valence-corrected chi connectivity index (χ2v) is 7.47. The first-order chi connectivity index (χ1) is 12.6. The number of ether oxygens (including phenoxy) is 2. The second kappa shape index (κ2) is 11.0. The highest BCUT2D eigenvalue weighted by Crippen LogP contribution is 2.16. The summed E-state index contributed by atoms with van der Waals surface area (Å²) in [6.07, 6.45) is 2.98. The zero-order valence-electron chi connectivity index (χ0n) is 14.9. The van der Waals surface area contributed by atoms with Crippen LogP contribution < -0.4 is 10.1 Å². The third-order valence-corrected chi connectivity index (χ3v) is 5.43. The topological polar surface area (TPSA) is 67.9 Å². The fraction of sp³-hybridized carbons (Fsp3) is 0.500. The Kier molecular flexibility index (Phi) is 8.70. The second-order valence-electron chi connectivity index (χ2n) is 5.86. The van der Waals surface area contributed by atoms with Crippen LogP contribution in [0.3, 0.4) is 0 Å². The standard InChI is InChI=1S/C18H24N2O4S2/c1-23-15-6-4-14(5-7-15)8-9-19-16(21)12-24-17(22)13-26-18(25)20-10-2-3-11-20/h4-7H,2-3,8-13H2,1H3,(H,19,21). The van der Waals surface area contributed by atoms with Gasteiger partial charge in [0.05, 0.1) is 12.9 Å². The number of thioether (sulfide) groups is 1. The molecule has 0 spiro atoms. The molecule has 0 atom stereocenters. The van der Waals surface area contributed by atoms with Crippen LogP contribution in [0.2, 0.25) is 0 Å². The monoisotopic (exact) mass is 396 g/mol. The first kappa shape index (κ1) is 20.5. The van der Waals surface area contributed by atoms with Gasteiger partial charge in [-0.1, -0.05) is 36.1 Å². The summed E-state index contributed by atoms with van der Waals surface area (Å²) in [4.78, 5) is 25.5. The summed E-state index contributed by atoms with van der Waals surface area (Å²) in [7, 11) is 1.62. The molecule has 8 heteroatoms. The van der Waals surface area contributed by atoms with Crippen LogP contribution in [-0.4, -0.2) is 60.2 Å². The molecule has 0 aliphatic carbocycles. The Morgan fingerprint density at radius 3 is 2.58 bits per heavy atom. The van der Waals surface area contributed by atoms with E-state index in [2.05, 4.69) is 10.2 Å². The Morgan fingerprint density at radius 1 is 1.23 bits per heavy atom. The Morgan fingerprint density at radius 2 is 1.92 bits per heavy atom. The lowest BCUT2D eigenvalue weighted by Gasteiger charge is -2.17. The molecule has 1 heterocycles. The molecule has 1 aliphatic heterocycles. The molecule has 1 N–H and O–H groups in total. The van der Waals surface area contributed by atoms with Gasteiger partial charge in [-0.2, -0.15) is 0 Å². The van der Waals surface area contributed by atoms with Gasteiger partial charge in [-0.25, -0.2) is 0 Å². The van der Waals surface area contributed by atoms with Crippen LogP contribution in [0.25, 0.3) is 0 Å². The fourth-order valence-electron chi connectivity index (χ4n) is 2.49. The average molecular weight is 397 g/mol. The van der Waals surface area contributed by atoms with Crippen molar-refractivity contribution in [2.45, 2.75) is 19.3 Å². The van der Waals surface area contributed by atoms with Crippen LogP contribution in [0, 0.1) is 0 Å². The number of carbonyl (C=O) groups excluding carboxylic acids is 2. The summed E-state index contributed by atoms with van der Waals surface area (Å²) in [6.45, 7) is 2.13. The zero-order valence-corrected chi connectivity index (χ0v) is 16.5. The number of rotatable bonds is 8. The van der Waals surface area contributed by atoms with Gasteiger partial charge in [-0.05, 0) is 37.0 Å². The van der Waals surface area contributed by atoms with E-state index in [1.165, 1.54) is 11.8 Å². The number of amides is 1. The van der Waals surface area contributed by atoms with Gasteiger partial charge in [0, 0.05) is 19.6 Å². The molecule has 0 unspecified atom stereocenters. The van der Waals surface area contributed by atoms with Crippen molar-refractivity contribution in [3.63, 3.8) is 0 Å². The highest BCUT2D eigenvalue weighted by atomic mass is 32.2. The van der Waals surface area contributed by atoms with Crippen molar-refractivity contribution < 1.29 is 19.1 Å². The van der Waals surface area contributed by atoms with Crippen molar-refractivity contribution in [2.24, 2.45) is 0 Å². The van der Waals surface area contributed by atoms with Crippen LogP contribution in [0.5, 0.6) is 5.75 Å². The quantitative estimate of drug-likeness (QED) is 0.532. The molecule has 26 heavy (non-hydrogen) atoms. The Bertz CT molecular complexity index is 616. The zero-order chi connectivity index (χ0) is 18.8. The lowest BCUT2D eigenvalue weighted by molar-refractivity contribution is -0.145. The van der Waals surface area contributed by atoms with Gasteiger partial charge in [0.25, 0.3) is 5.91 Å². The largest absolute Gasteiger partial charge is 0.497 e. The van der Waals surface area contributed by atoms with Gasteiger partial charge in [-0.15, -0.1) is 0 Å². The van der Waals surface area contributed by atoms with Crippen molar-refractivity contribution >= 4 is 40.2 Å².